The Labute approximate surface area is 157 Å². The molecule has 2 aliphatic heterocycles. The third-order valence-corrected chi connectivity index (χ3v) is 5.98. The summed E-state index contributed by atoms with van der Waals surface area (Å²) in [6.45, 7) is 6.12. The minimum absolute atomic E-state index is 0.0145. The molecule has 0 radical (unpaired) electrons. The van der Waals surface area contributed by atoms with Gasteiger partial charge in [-0.25, -0.2) is 9.59 Å². The van der Waals surface area contributed by atoms with Gasteiger partial charge in [-0.3, -0.25) is 10.1 Å². The van der Waals surface area contributed by atoms with E-state index in [1.165, 1.54) is 11.3 Å². The summed E-state index contributed by atoms with van der Waals surface area (Å²) in [4.78, 5) is 41.3. The molecule has 7 nitrogen and oxygen atoms in total. The van der Waals surface area contributed by atoms with E-state index in [2.05, 4.69) is 5.32 Å². The molecule has 1 saturated heterocycles. The second kappa shape index (κ2) is 8.07. The number of rotatable bonds is 3. The van der Waals surface area contributed by atoms with Gasteiger partial charge < -0.3 is 14.5 Å². The first-order chi connectivity index (χ1) is 12.5. The molecule has 3 amide bonds. The normalized spacial score (nSPS) is 16.8. The maximum Gasteiger partial charge on any atom is 0.341 e. The van der Waals surface area contributed by atoms with Crippen LogP contribution in [0.1, 0.15) is 53.9 Å². The van der Waals surface area contributed by atoms with Crippen molar-refractivity contribution in [3.63, 3.8) is 0 Å². The number of nitrogens with one attached hydrogen (secondary N) is 1. The minimum atomic E-state index is -0.407. The van der Waals surface area contributed by atoms with E-state index < -0.39 is 5.97 Å². The molecule has 2 aliphatic rings. The fourth-order valence-electron chi connectivity index (χ4n) is 3.45. The van der Waals surface area contributed by atoms with Gasteiger partial charge in [0.15, 0.2) is 0 Å². The van der Waals surface area contributed by atoms with Crippen molar-refractivity contribution in [3.05, 3.63) is 16.0 Å². The van der Waals surface area contributed by atoms with Gasteiger partial charge >= 0.3 is 12.0 Å². The first kappa shape index (κ1) is 18.7. The number of amides is 3. The summed E-state index contributed by atoms with van der Waals surface area (Å²) in [5.41, 5.74) is 1.36. The first-order valence-electron chi connectivity index (χ1n) is 9.14. The standard InChI is InChI=1S/C18H25N3O4S/c1-3-25-17(23)15-13-7-10-21(12(2)22)11-14(13)26-16(15)19-18(24)20-8-5-4-6-9-20/h3-11H2,1-2H3,(H,19,24). The van der Waals surface area contributed by atoms with Crippen LogP contribution in [0, 0.1) is 0 Å². The lowest BCUT2D eigenvalue weighted by atomic mass is 10.0. The Morgan fingerprint density at radius 3 is 2.50 bits per heavy atom. The summed E-state index contributed by atoms with van der Waals surface area (Å²) < 4.78 is 5.22. The van der Waals surface area contributed by atoms with E-state index in [1.54, 1.807) is 23.6 Å². The van der Waals surface area contributed by atoms with Crippen LogP contribution in [0.15, 0.2) is 0 Å². The summed E-state index contributed by atoms with van der Waals surface area (Å²) >= 11 is 1.38. The number of hydrogen-bond donors (Lipinski definition) is 1. The molecule has 0 aromatic carbocycles. The van der Waals surface area contributed by atoms with Crippen LogP contribution >= 0.6 is 11.3 Å². The number of anilines is 1. The number of fused-ring (bicyclic) bond motifs is 1. The Kier molecular flexibility index (Phi) is 5.80. The topological polar surface area (TPSA) is 79.0 Å². The van der Waals surface area contributed by atoms with E-state index in [0.717, 1.165) is 42.8 Å². The molecule has 0 saturated carbocycles. The Balaban J connectivity index is 1.87. The Hall–Kier alpha value is -2.09. The molecule has 3 heterocycles. The van der Waals surface area contributed by atoms with Gasteiger partial charge in [-0.1, -0.05) is 0 Å². The minimum Gasteiger partial charge on any atom is -0.462 e. The van der Waals surface area contributed by atoms with Crippen LogP contribution in [0.25, 0.3) is 0 Å². The van der Waals surface area contributed by atoms with Gasteiger partial charge in [0, 0.05) is 31.4 Å². The molecule has 26 heavy (non-hydrogen) atoms. The van der Waals surface area contributed by atoms with Crippen LogP contribution in [-0.2, 0) is 22.5 Å². The largest absolute Gasteiger partial charge is 0.462 e. The molecule has 3 rings (SSSR count). The molecule has 142 valence electrons. The summed E-state index contributed by atoms with van der Waals surface area (Å²) in [5, 5.41) is 3.46. The van der Waals surface area contributed by atoms with Crippen LogP contribution in [0.3, 0.4) is 0 Å². The molecule has 0 aliphatic carbocycles. The van der Waals surface area contributed by atoms with Crippen molar-refractivity contribution >= 4 is 34.2 Å². The number of thiophene rings is 1. The first-order valence-corrected chi connectivity index (χ1v) is 9.96. The average Bonchev–Trinajstić information content (AvgIpc) is 2.99. The molecule has 1 aromatic heterocycles. The number of hydrogen-bond acceptors (Lipinski definition) is 5. The third kappa shape index (κ3) is 3.85. The third-order valence-electron chi connectivity index (χ3n) is 4.85. The van der Waals surface area contributed by atoms with E-state index in [4.69, 9.17) is 4.74 Å². The molecular formula is C18H25N3O4S. The smallest absolute Gasteiger partial charge is 0.341 e. The number of carbonyl (C=O) groups excluding carboxylic acids is 3. The number of nitrogens with zero attached hydrogens (tertiary/aromatic N) is 2. The Morgan fingerprint density at radius 1 is 1.12 bits per heavy atom. The average molecular weight is 379 g/mol. The summed E-state index contributed by atoms with van der Waals surface area (Å²) in [5.74, 6) is -0.393. The van der Waals surface area contributed by atoms with Crippen molar-refractivity contribution in [2.24, 2.45) is 0 Å². The molecule has 8 heteroatoms. The molecular weight excluding hydrogens is 354 g/mol. The molecule has 1 fully saturated rings. The van der Waals surface area contributed by atoms with Gasteiger partial charge in [0.2, 0.25) is 5.91 Å². The van der Waals surface area contributed by atoms with Crippen molar-refractivity contribution in [1.29, 1.82) is 0 Å². The number of piperidine rings is 1. The number of carbonyl (C=O) groups is 3. The van der Waals surface area contributed by atoms with Crippen LogP contribution in [0.5, 0.6) is 0 Å². The van der Waals surface area contributed by atoms with Gasteiger partial charge in [0.25, 0.3) is 0 Å². The summed E-state index contributed by atoms with van der Waals surface area (Å²) in [7, 11) is 0. The number of ether oxygens (including phenoxy) is 1. The molecule has 0 spiro atoms. The zero-order chi connectivity index (χ0) is 18.7. The van der Waals surface area contributed by atoms with Crippen molar-refractivity contribution in [2.75, 3.05) is 31.6 Å². The summed E-state index contributed by atoms with van der Waals surface area (Å²) in [6, 6.07) is -0.169. The van der Waals surface area contributed by atoms with Crippen molar-refractivity contribution in [1.82, 2.24) is 9.80 Å². The highest BCUT2D eigenvalue weighted by Crippen LogP contribution is 2.38. The fraction of sp³-hybridized carbons (Fsp3) is 0.611. The Morgan fingerprint density at radius 2 is 1.85 bits per heavy atom. The summed E-state index contributed by atoms with van der Waals surface area (Å²) in [6.07, 6.45) is 3.75. The highest BCUT2D eigenvalue weighted by atomic mass is 32.1. The van der Waals surface area contributed by atoms with E-state index in [-0.39, 0.29) is 18.5 Å². The molecule has 0 unspecified atom stereocenters. The lowest BCUT2D eigenvalue weighted by Gasteiger charge is -2.26. The van der Waals surface area contributed by atoms with E-state index in [1.807, 2.05) is 0 Å². The van der Waals surface area contributed by atoms with Crippen LogP contribution in [0.2, 0.25) is 0 Å². The van der Waals surface area contributed by atoms with Gasteiger partial charge in [-0.2, -0.15) is 0 Å². The predicted molar refractivity (Wildman–Crippen MR) is 99.5 cm³/mol. The van der Waals surface area contributed by atoms with E-state index in [9.17, 15) is 14.4 Å². The monoisotopic (exact) mass is 379 g/mol. The quantitative estimate of drug-likeness (QED) is 0.819. The van der Waals surface area contributed by atoms with E-state index >= 15 is 0 Å². The Bertz CT molecular complexity index is 710. The zero-order valence-corrected chi connectivity index (χ0v) is 16.1. The molecule has 1 aromatic rings. The molecule has 0 bridgehead atoms. The number of urea groups is 1. The van der Waals surface area contributed by atoms with Crippen molar-refractivity contribution in [3.8, 4) is 0 Å². The van der Waals surface area contributed by atoms with Crippen LogP contribution in [-0.4, -0.2) is 53.9 Å². The van der Waals surface area contributed by atoms with Gasteiger partial charge in [0.1, 0.15) is 5.00 Å². The van der Waals surface area contributed by atoms with Gasteiger partial charge in [-0.15, -0.1) is 11.3 Å². The number of likely N-dealkylation sites (tertiary alicyclic amines) is 1. The zero-order valence-electron chi connectivity index (χ0n) is 15.3. The highest BCUT2D eigenvalue weighted by molar-refractivity contribution is 7.17. The van der Waals surface area contributed by atoms with Crippen molar-refractivity contribution < 1.29 is 19.1 Å². The molecule has 1 N–H and O–H groups in total. The van der Waals surface area contributed by atoms with Crippen molar-refractivity contribution in [2.45, 2.75) is 46.1 Å². The van der Waals surface area contributed by atoms with E-state index in [0.29, 0.717) is 30.1 Å². The lowest BCUT2D eigenvalue weighted by Crippen LogP contribution is -2.38. The number of esters is 1. The second-order valence-corrected chi connectivity index (χ2v) is 7.70. The van der Waals surface area contributed by atoms with Gasteiger partial charge in [-0.05, 0) is 38.2 Å². The van der Waals surface area contributed by atoms with Crippen LogP contribution < -0.4 is 5.32 Å². The lowest BCUT2D eigenvalue weighted by molar-refractivity contribution is -0.129. The van der Waals surface area contributed by atoms with Crippen LogP contribution in [0.4, 0.5) is 9.80 Å². The maximum absolute atomic E-state index is 12.6. The second-order valence-electron chi connectivity index (χ2n) is 6.60. The fourth-order valence-corrected chi connectivity index (χ4v) is 4.69. The van der Waals surface area contributed by atoms with Gasteiger partial charge in [0.05, 0.1) is 18.7 Å². The SMILES string of the molecule is CCOC(=O)c1c(NC(=O)N2CCCCC2)sc2c1CCN(C(C)=O)C2. The highest BCUT2D eigenvalue weighted by Gasteiger charge is 2.31. The maximum atomic E-state index is 12.6. The molecule has 0 atom stereocenters. The predicted octanol–water partition coefficient (Wildman–Crippen LogP) is 2.85.